The van der Waals surface area contributed by atoms with Crippen LogP contribution < -0.4 is 16.2 Å². The molecule has 0 unspecified atom stereocenters. The second-order valence-corrected chi connectivity index (χ2v) is 6.05. The van der Waals surface area contributed by atoms with Crippen LogP contribution in [0.3, 0.4) is 0 Å². The summed E-state index contributed by atoms with van der Waals surface area (Å²) in [5.74, 6) is -0.240. The minimum absolute atomic E-state index is 0.00666. The van der Waals surface area contributed by atoms with E-state index in [0.29, 0.717) is 11.4 Å². The first kappa shape index (κ1) is 15.0. The number of primary sulfonamides is 1. The SMILES string of the molecule is Nc1ccccc1CC(=O)Nc1ccc(S(N)(=O)=O)cc1. The summed E-state index contributed by atoms with van der Waals surface area (Å²) in [6.45, 7) is 0. The Labute approximate surface area is 122 Å². The van der Waals surface area contributed by atoms with Gasteiger partial charge in [0.15, 0.2) is 0 Å². The zero-order chi connectivity index (χ0) is 15.5. The number of para-hydroxylation sites is 1. The molecule has 0 spiro atoms. The van der Waals surface area contributed by atoms with E-state index in [0.717, 1.165) is 5.56 Å². The number of carbonyl (C=O) groups is 1. The Hall–Kier alpha value is -2.38. The number of hydrogen-bond acceptors (Lipinski definition) is 4. The quantitative estimate of drug-likeness (QED) is 0.733. The van der Waals surface area contributed by atoms with Crippen LogP contribution in [0.2, 0.25) is 0 Å². The number of sulfonamides is 1. The smallest absolute Gasteiger partial charge is 0.238 e. The molecule has 0 radical (unpaired) electrons. The van der Waals surface area contributed by atoms with Crippen LogP contribution >= 0.6 is 0 Å². The Balaban J connectivity index is 2.05. The van der Waals surface area contributed by atoms with Crippen LogP contribution in [0.4, 0.5) is 11.4 Å². The molecule has 2 aromatic carbocycles. The second kappa shape index (κ2) is 5.94. The van der Waals surface area contributed by atoms with Gasteiger partial charge in [0.25, 0.3) is 0 Å². The Bertz CT molecular complexity index is 755. The first-order chi connectivity index (χ1) is 9.86. The normalized spacial score (nSPS) is 11.1. The fraction of sp³-hybridized carbons (Fsp3) is 0.0714. The third kappa shape index (κ3) is 4.04. The maximum absolute atomic E-state index is 11.9. The van der Waals surface area contributed by atoms with Gasteiger partial charge in [-0.15, -0.1) is 0 Å². The minimum atomic E-state index is -3.73. The van der Waals surface area contributed by atoms with Crippen LogP contribution in [0.5, 0.6) is 0 Å². The summed E-state index contributed by atoms with van der Waals surface area (Å²) in [4.78, 5) is 11.9. The second-order valence-electron chi connectivity index (χ2n) is 4.49. The number of carbonyl (C=O) groups excluding carboxylic acids is 1. The van der Waals surface area contributed by atoms with Crippen LogP contribution in [-0.2, 0) is 21.2 Å². The fourth-order valence-corrected chi connectivity index (χ4v) is 2.32. The fourth-order valence-electron chi connectivity index (χ4n) is 1.80. The van der Waals surface area contributed by atoms with Crippen molar-refractivity contribution in [3.05, 3.63) is 54.1 Å². The van der Waals surface area contributed by atoms with Crippen molar-refractivity contribution in [3.63, 3.8) is 0 Å². The number of benzene rings is 2. The van der Waals surface area contributed by atoms with E-state index in [-0.39, 0.29) is 17.2 Å². The Morgan fingerprint density at radius 1 is 1.05 bits per heavy atom. The molecular formula is C14H15N3O3S. The lowest BCUT2D eigenvalue weighted by Gasteiger charge is -2.07. The highest BCUT2D eigenvalue weighted by molar-refractivity contribution is 7.89. The van der Waals surface area contributed by atoms with Gasteiger partial charge in [-0.25, -0.2) is 13.6 Å². The average Bonchev–Trinajstić information content (AvgIpc) is 2.41. The third-order valence-electron chi connectivity index (χ3n) is 2.87. The van der Waals surface area contributed by atoms with Gasteiger partial charge >= 0.3 is 0 Å². The highest BCUT2D eigenvalue weighted by Gasteiger charge is 2.09. The number of nitrogens with one attached hydrogen (secondary N) is 1. The molecule has 0 aliphatic heterocycles. The molecule has 0 fully saturated rings. The van der Waals surface area contributed by atoms with Crippen LogP contribution in [0.25, 0.3) is 0 Å². The van der Waals surface area contributed by atoms with Gasteiger partial charge in [-0.3, -0.25) is 4.79 Å². The largest absolute Gasteiger partial charge is 0.398 e. The molecule has 0 bridgehead atoms. The van der Waals surface area contributed by atoms with E-state index in [2.05, 4.69) is 5.32 Å². The van der Waals surface area contributed by atoms with E-state index in [1.807, 2.05) is 0 Å². The summed E-state index contributed by atoms with van der Waals surface area (Å²) in [6.07, 6.45) is 0.142. The Kier molecular flexibility index (Phi) is 4.25. The summed E-state index contributed by atoms with van der Waals surface area (Å²) in [6, 6.07) is 12.7. The maximum Gasteiger partial charge on any atom is 0.238 e. The van der Waals surface area contributed by atoms with Gasteiger partial charge in [0.2, 0.25) is 15.9 Å². The van der Waals surface area contributed by atoms with Gasteiger partial charge in [0.05, 0.1) is 11.3 Å². The van der Waals surface area contributed by atoms with E-state index in [4.69, 9.17) is 10.9 Å². The van der Waals surface area contributed by atoms with Crippen LogP contribution in [-0.4, -0.2) is 14.3 Å². The van der Waals surface area contributed by atoms with Crippen molar-refractivity contribution >= 4 is 27.3 Å². The summed E-state index contributed by atoms with van der Waals surface area (Å²) in [7, 11) is -3.73. The van der Waals surface area contributed by atoms with Gasteiger partial charge in [-0.1, -0.05) is 18.2 Å². The molecule has 2 aromatic rings. The molecule has 110 valence electrons. The van der Waals surface area contributed by atoms with Gasteiger partial charge in [-0.2, -0.15) is 0 Å². The predicted molar refractivity (Wildman–Crippen MR) is 81.0 cm³/mol. The zero-order valence-electron chi connectivity index (χ0n) is 11.1. The number of nitrogens with two attached hydrogens (primary N) is 2. The summed E-state index contributed by atoms with van der Waals surface area (Å²) in [5.41, 5.74) is 7.54. The van der Waals surface area contributed by atoms with Crippen molar-refractivity contribution < 1.29 is 13.2 Å². The molecular weight excluding hydrogens is 290 g/mol. The highest BCUT2D eigenvalue weighted by atomic mass is 32.2. The van der Waals surface area contributed by atoms with Crippen molar-refractivity contribution in [2.45, 2.75) is 11.3 Å². The van der Waals surface area contributed by atoms with E-state index < -0.39 is 10.0 Å². The molecule has 0 saturated heterocycles. The predicted octanol–water partition coefficient (Wildman–Crippen LogP) is 1.10. The Morgan fingerprint density at radius 2 is 1.67 bits per heavy atom. The minimum Gasteiger partial charge on any atom is -0.398 e. The first-order valence-corrected chi connectivity index (χ1v) is 7.67. The molecule has 5 N–H and O–H groups in total. The summed E-state index contributed by atoms with van der Waals surface area (Å²) in [5, 5.41) is 7.66. The lowest BCUT2D eigenvalue weighted by atomic mass is 10.1. The number of anilines is 2. The van der Waals surface area contributed by atoms with Crippen molar-refractivity contribution in [2.75, 3.05) is 11.1 Å². The Morgan fingerprint density at radius 3 is 2.24 bits per heavy atom. The molecule has 2 rings (SSSR count). The van der Waals surface area contributed by atoms with E-state index >= 15 is 0 Å². The van der Waals surface area contributed by atoms with Gasteiger partial charge in [0, 0.05) is 11.4 Å². The standard InChI is InChI=1S/C14H15N3O3S/c15-13-4-2-1-3-10(13)9-14(18)17-11-5-7-12(8-6-11)21(16,19)20/h1-8H,9,15H2,(H,17,18)(H2,16,19,20). The summed E-state index contributed by atoms with van der Waals surface area (Å²) < 4.78 is 22.2. The molecule has 6 nitrogen and oxygen atoms in total. The van der Waals surface area contributed by atoms with Crippen LogP contribution in [0, 0.1) is 0 Å². The topological polar surface area (TPSA) is 115 Å². The van der Waals surface area contributed by atoms with Crippen molar-refractivity contribution in [2.24, 2.45) is 5.14 Å². The summed E-state index contributed by atoms with van der Waals surface area (Å²) >= 11 is 0. The van der Waals surface area contributed by atoms with Gasteiger partial charge in [0.1, 0.15) is 0 Å². The van der Waals surface area contributed by atoms with Gasteiger partial charge < -0.3 is 11.1 Å². The number of hydrogen-bond donors (Lipinski definition) is 3. The van der Waals surface area contributed by atoms with Gasteiger partial charge in [-0.05, 0) is 35.9 Å². The lowest BCUT2D eigenvalue weighted by Crippen LogP contribution is -2.16. The van der Waals surface area contributed by atoms with E-state index in [9.17, 15) is 13.2 Å². The number of rotatable bonds is 4. The number of nitrogen functional groups attached to an aromatic ring is 1. The van der Waals surface area contributed by atoms with E-state index in [1.54, 1.807) is 24.3 Å². The molecule has 0 aromatic heterocycles. The van der Waals surface area contributed by atoms with Crippen molar-refractivity contribution in [1.82, 2.24) is 0 Å². The number of amides is 1. The third-order valence-corrected chi connectivity index (χ3v) is 3.80. The molecule has 0 aliphatic rings. The molecule has 7 heteroatoms. The maximum atomic E-state index is 11.9. The van der Waals surface area contributed by atoms with Crippen LogP contribution in [0.1, 0.15) is 5.56 Å². The molecule has 0 saturated carbocycles. The molecule has 0 heterocycles. The monoisotopic (exact) mass is 305 g/mol. The highest BCUT2D eigenvalue weighted by Crippen LogP contribution is 2.15. The van der Waals surface area contributed by atoms with Crippen molar-refractivity contribution in [1.29, 1.82) is 0 Å². The molecule has 1 amide bonds. The van der Waals surface area contributed by atoms with E-state index in [1.165, 1.54) is 24.3 Å². The zero-order valence-corrected chi connectivity index (χ0v) is 11.9. The molecule has 0 aliphatic carbocycles. The van der Waals surface area contributed by atoms with Crippen LogP contribution in [0.15, 0.2) is 53.4 Å². The average molecular weight is 305 g/mol. The van der Waals surface area contributed by atoms with Crippen molar-refractivity contribution in [3.8, 4) is 0 Å². The molecule has 0 atom stereocenters. The first-order valence-electron chi connectivity index (χ1n) is 6.12. The lowest BCUT2D eigenvalue weighted by molar-refractivity contribution is -0.115. The molecule has 21 heavy (non-hydrogen) atoms.